The van der Waals surface area contributed by atoms with Crippen LogP contribution in [-0.4, -0.2) is 67.6 Å². The minimum absolute atomic E-state index is 0.00909. The molecule has 6 heteroatoms. The molecule has 0 saturated carbocycles. The molecule has 1 aliphatic heterocycles. The molecule has 27 heavy (non-hydrogen) atoms. The van der Waals surface area contributed by atoms with Crippen LogP contribution in [0, 0.1) is 6.92 Å². The van der Waals surface area contributed by atoms with Crippen LogP contribution in [0.2, 0.25) is 0 Å². The second kappa shape index (κ2) is 10.4. The lowest BCUT2D eigenvalue weighted by Crippen LogP contribution is -2.43. The van der Waals surface area contributed by atoms with E-state index in [1.54, 1.807) is 11.8 Å². The number of rotatable bonds is 8. The predicted octanol–water partition coefficient (Wildman–Crippen LogP) is 2.63. The Morgan fingerprint density at radius 1 is 1.22 bits per heavy atom. The van der Waals surface area contributed by atoms with Crippen LogP contribution in [0.4, 0.5) is 5.69 Å². The highest BCUT2D eigenvalue weighted by Gasteiger charge is 2.16. The van der Waals surface area contributed by atoms with E-state index in [2.05, 4.69) is 30.1 Å². The summed E-state index contributed by atoms with van der Waals surface area (Å²) in [6.45, 7) is 13.0. The smallest absolute Gasteiger partial charge is 0.226 e. The molecular formula is C21H33N3O3. The van der Waals surface area contributed by atoms with Crippen molar-refractivity contribution in [3.05, 3.63) is 29.3 Å². The highest BCUT2D eigenvalue weighted by molar-refractivity contribution is 5.92. The van der Waals surface area contributed by atoms with E-state index < -0.39 is 0 Å². The van der Waals surface area contributed by atoms with E-state index in [0.717, 1.165) is 49.7 Å². The van der Waals surface area contributed by atoms with Crippen molar-refractivity contribution < 1.29 is 14.3 Å². The highest BCUT2D eigenvalue weighted by atomic mass is 16.5. The summed E-state index contributed by atoms with van der Waals surface area (Å²) in [5, 5.41) is 3.06. The van der Waals surface area contributed by atoms with Gasteiger partial charge in [0.05, 0.1) is 13.2 Å². The Balaban J connectivity index is 1.88. The zero-order valence-electron chi connectivity index (χ0n) is 17.1. The van der Waals surface area contributed by atoms with Gasteiger partial charge in [-0.15, -0.1) is 0 Å². The molecule has 1 heterocycles. The van der Waals surface area contributed by atoms with Gasteiger partial charge in [-0.25, -0.2) is 0 Å². The summed E-state index contributed by atoms with van der Waals surface area (Å²) in [5.41, 5.74) is 3.10. The van der Waals surface area contributed by atoms with Crippen LogP contribution in [0.15, 0.2) is 18.2 Å². The number of anilines is 1. The Morgan fingerprint density at radius 3 is 2.56 bits per heavy atom. The fourth-order valence-corrected chi connectivity index (χ4v) is 3.29. The predicted molar refractivity (Wildman–Crippen MR) is 108 cm³/mol. The normalized spacial score (nSPS) is 15.0. The average molecular weight is 376 g/mol. The van der Waals surface area contributed by atoms with Gasteiger partial charge in [-0.3, -0.25) is 14.5 Å². The third-order valence-electron chi connectivity index (χ3n) is 5.04. The Morgan fingerprint density at radius 2 is 1.93 bits per heavy atom. The molecule has 0 aromatic heterocycles. The monoisotopic (exact) mass is 375 g/mol. The molecule has 0 bridgehead atoms. The molecule has 0 atom stereocenters. The van der Waals surface area contributed by atoms with Crippen molar-refractivity contribution in [1.82, 2.24) is 9.80 Å². The van der Waals surface area contributed by atoms with Gasteiger partial charge in [-0.1, -0.05) is 32.0 Å². The molecule has 0 radical (unpaired) electrons. The maximum Gasteiger partial charge on any atom is 0.226 e. The first-order chi connectivity index (χ1) is 12.9. The number of morpholine rings is 1. The Labute approximate surface area is 162 Å². The summed E-state index contributed by atoms with van der Waals surface area (Å²) >= 11 is 0. The van der Waals surface area contributed by atoms with Crippen LogP contribution in [0.1, 0.15) is 44.2 Å². The number of benzene rings is 1. The Kier molecular flexibility index (Phi) is 8.25. The zero-order chi connectivity index (χ0) is 19.8. The molecule has 1 aromatic carbocycles. The first-order valence-electron chi connectivity index (χ1n) is 9.83. The van der Waals surface area contributed by atoms with Crippen LogP contribution in [0.5, 0.6) is 0 Å². The quantitative estimate of drug-likeness (QED) is 0.759. The van der Waals surface area contributed by atoms with Gasteiger partial charge in [0, 0.05) is 51.8 Å². The zero-order valence-corrected chi connectivity index (χ0v) is 17.1. The van der Waals surface area contributed by atoms with E-state index in [1.165, 1.54) is 0 Å². The fourth-order valence-electron chi connectivity index (χ4n) is 3.29. The fraction of sp³-hybridized carbons (Fsp3) is 0.619. The molecule has 0 aliphatic carbocycles. The summed E-state index contributed by atoms with van der Waals surface area (Å²) in [6.07, 6.45) is 0.300. The second-order valence-electron chi connectivity index (χ2n) is 7.45. The second-order valence-corrected chi connectivity index (χ2v) is 7.45. The number of aryl methyl sites for hydroxylation is 1. The molecule has 2 rings (SSSR count). The molecule has 6 nitrogen and oxygen atoms in total. The van der Waals surface area contributed by atoms with Crippen molar-refractivity contribution in [2.24, 2.45) is 0 Å². The van der Waals surface area contributed by atoms with Crippen LogP contribution in [-0.2, 0) is 14.3 Å². The van der Waals surface area contributed by atoms with Crippen molar-refractivity contribution in [2.45, 2.75) is 40.0 Å². The number of nitrogens with one attached hydrogen (secondary N) is 1. The van der Waals surface area contributed by atoms with Gasteiger partial charge in [0.25, 0.3) is 0 Å². The van der Waals surface area contributed by atoms with E-state index in [0.29, 0.717) is 25.4 Å². The van der Waals surface area contributed by atoms with Crippen LogP contribution in [0.3, 0.4) is 0 Å². The number of nitrogens with zero attached hydrogens (tertiary/aromatic N) is 2. The topological polar surface area (TPSA) is 61.9 Å². The number of amides is 2. The molecule has 1 aromatic rings. The average Bonchev–Trinajstić information content (AvgIpc) is 2.63. The Hall–Kier alpha value is -1.92. The van der Waals surface area contributed by atoms with Crippen molar-refractivity contribution in [1.29, 1.82) is 0 Å². The van der Waals surface area contributed by atoms with Crippen LogP contribution >= 0.6 is 0 Å². The number of carbonyl (C=O) groups is 2. The molecule has 0 unspecified atom stereocenters. The number of hydrogen-bond acceptors (Lipinski definition) is 4. The lowest BCUT2D eigenvalue weighted by Gasteiger charge is -2.29. The summed E-state index contributed by atoms with van der Waals surface area (Å²) < 4.78 is 5.35. The Bertz CT molecular complexity index is 640. The van der Waals surface area contributed by atoms with E-state index in [4.69, 9.17) is 4.74 Å². The van der Waals surface area contributed by atoms with Gasteiger partial charge in [-0.05, 0) is 24.0 Å². The number of ether oxygens (including phenoxy) is 1. The van der Waals surface area contributed by atoms with Crippen LogP contribution in [0.25, 0.3) is 0 Å². The summed E-state index contributed by atoms with van der Waals surface area (Å²) in [4.78, 5) is 28.5. The molecule has 0 spiro atoms. The van der Waals surface area contributed by atoms with Gasteiger partial charge in [-0.2, -0.15) is 0 Å². The molecule has 1 aliphatic rings. The van der Waals surface area contributed by atoms with Gasteiger partial charge < -0.3 is 15.0 Å². The number of hydrogen-bond donors (Lipinski definition) is 1. The van der Waals surface area contributed by atoms with Crippen LogP contribution < -0.4 is 5.32 Å². The minimum atomic E-state index is -0.0520. The molecule has 2 amide bonds. The summed E-state index contributed by atoms with van der Waals surface area (Å²) in [7, 11) is 0. The van der Waals surface area contributed by atoms with Gasteiger partial charge >= 0.3 is 0 Å². The minimum Gasteiger partial charge on any atom is -0.379 e. The van der Waals surface area contributed by atoms with Gasteiger partial charge in [0.2, 0.25) is 11.8 Å². The van der Waals surface area contributed by atoms with E-state index in [-0.39, 0.29) is 11.8 Å². The SMILES string of the molecule is CC(=O)N(CCC(=O)Nc1c(C)cccc1C(C)C)CCN1CCOCC1. The third-order valence-corrected chi connectivity index (χ3v) is 5.04. The summed E-state index contributed by atoms with van der Waals surface area (Å²) in [5.74, 6) is 0.293. The third kappa shape index (κ3) is 6.63. The largest absolute Gasteiger partial charge is 0.379 e. The van der Waals surface area contributed by atoms with E-state index >= 15 is 0 Å². The van der Waals surface area contributed by atoms with E-state index in [1.807, 2.05) is 19.1 Å². The lowest BCUT2D eigenvalue weighted by atomic mass is 9.98. The number of carbonyl (C=O) groups excluding carboxylic acids is 2. The molecule has 150 valence electrons. The van der Waals surface area contributed by atoms with Gasteiger partial charge in [0.1, 0.15) is 0 Å². The molecule has 1 N–H and O–H groups in total. The number of para-hydroxylation sites is 1. The maximum atomic E-state index is 12.5. The molecule has 1 fully saturated rings. The maximum absolute atomic E-state index is 12.5. The lowest BCUT2D eigenvalue weighted by molar-refractivity contribution is -0.129. The standard InChI is InChI=1S/C21H33N3O3/c1-16(2)19-7-5-6-17(3)21(19)22-20(26)8-9-24(18(4)25)11-10-23-12-14-27-15-13-23/h5-7,16H,8-15H2,1-4H3,(H,22,26). The van der Waals surface area contributed by atoms with E-state index in [9.17, 15) is 9.59 Å². The van der Waals surface area contributed by atoms with Gasteiger partial charge in [0.15, 0.2) is 0 Å². The van der Waals surface area contributed by atoms with Crippen molar-refractivity contribution in [2.75, 3.05) is 51.3 Å². The first kappa shape index (κ1) is 21.4. The summed E-state index contributed by atoms with van der Waals surface area (Å²) in [6, 6.07) is 6.08. The van der Waals surface area contributed by atoms with Crippen molar-refractivity contribution in [3.8, 4) is 0 Å². The first-order valence-corrected chi connectivity index (χ1v) is 9.83. The molecule has 1 saturated heterocycles. The molecular weight excluding hydrogens is 342 g/mol. The van der Waals surface area contributed by atoms with Crippen molar-refractivity contribution >= 4 is 17.5 Å². The highest BCUT2D eigenvalue weighted by Crippen LogP contribution is 2.27. The van der Waals surface area contributed by atoms with Crippen molar-refractivity contribution in [3.63, 3.8) is 0 Å².